The number of aryl methyl sites for hydroxylation is 1. The van der Waals surface area contributed by atoms with Crippen LogP contribution in [0, 0.1) is 31.6 Å². The Balaban J connectivity index is 1.77. The Hall–Kier alpha value is -1.02. The molecule has 0 heterocycles. The number of hydrogen-bond donors (Lipinski definition) is 1. The molecule has 0 saturated heterocycles. The molecule has 2 fully saturated rings. The summed E-state index contributed by atoms with van der Waals surface area (Å²) in [5.74, 6) is 3.40. The number of rotatable bonds is 4. The van der Waals surface area contributed by atoms with Gasteiger partial charge in [-0.2, -0.15) is 0 Å². The monoisotopic (exact) mass is 274 g/mol. The van der Waals surface area contributed by atoms with Gasteiger partial charge in [-0.15, -0.1) is 0 Å². The van der Waals surface area contributed by atoms with Crippen molar-refractivity contribution in [2.45, 2.75) is 52.1 Å². The quantitative estimate of drug-likeness (QED) is 0.893. The van der Waals surface area contributed by atoms with Crippen molar-refractivity contribution in [3.63, 3.8) is 0 Å². The summed E-state index contributed by atoms with van der Waals surface area (Å²) in [6, 6.07) is 4.14. The maximum absolute atomic E-state index is 10.7. The molecule has 2 aliphatic rings. The first-order valence-corrected chi connectivity index (χ1v) is 7.92. The molecule has 1 aromatic carbocycles. The van der Waals surface area contributed by atoms with Gasteiger partial charge in [0.15, 0.2) is 0 Å². The summed E-state index contributed by atoms with van der Waals surface area (Å²) in [5.41, 5.74) is 3.34. The van der Waals surface area contributed by atoms with Crippen LogP contribution in [0.15, 0.2) is 12.1 Å². The highest BCUT2D eigenvalue weighted by molar-refractivity contribution is 5.46. The first-order chi connectivity index (χ1) is 9.60. The van der Waals surface area contributed by atoms with Crippen molar-refractivity contribution in [2.24, 2.45) is 17.8 Å². The average molecular weight is 274 g/mol. The number of methoxy groups -OCH3 is 1. The molecule has 2 nitrogen and oxygen atoms in total. The number of aliphatic hydroxyl groups excluding tert-OH is 1. The van der Waals surface area contributed by atoms with E-state index in [1.165, 1.54) is 31.2 Å². The lowest BCUT2D eigenvalue weighted by Gasteiger charge is -2.25. The van der Waals surface area contributed by atoms with Gasteiger partial charge in [0.2, 0.25) is 0 Å². The number of fused-ring (bicyclic) bond motifs is 2. The van der Waals surface area contributed by atoms with E-state index >= 15 is 0 Å². The summed E-state index contributed by atoms with van der Waals surface area (Å²) in [6.07, 6.45) is 6.06. The van der Waals surface area contributed by atoms with Crippen LogP contribution < -0.4 is 4.74 Å². The van der Waals surface area contributed by atoms with Crippen molar-refractivity contribution in [3.05, 3.63) is 28.8 Å². The van der Waals surface area contributed by atoms with E-state index in [-0.39, 0.29) is 6.10 Å². The zero-order valence-electron chi connectivity index (χ0n) is 12.9. The number of benzene rings is 1. The van der Waals surface area contributed by atoms with Crippen LogP contribution in [0.5, 0.6) is 5.75 Å². The second-order valence-corrected chi connectivity index (χ2v) is 6.82. The predicted molar refractivity (Wildman–Crippen MR) is 81.0 cm³/mol. The van der Waals surface area contributed by atoms with Crippen molar-refractivity contribution in [3.8, 4) is 5.75 Å². The summed E-state index contributed by atoms with van der Waals surface area (Å²) >= 11 is 0. The van der Waals surface area contributed by atoms with E-state index in [9.17, 15) is 5.11 Å². The minimum absolute atomic E-state index is 0.381. The molecule has 110 valence electrons. The van der Waals surface area contributed by atoms with Gasteiger partial charge in [-0.1, -0.05) is 18.6 Å². The zero-order valence-corrected chi connectivity index (χ0v) is 12.9. The van der Waals surface area contributed by atoms with Gasteiger partial charge in [0.05, 0.1) is 13.2 Å². The van der Waals surface area contributed by atoms with Crippen LogP contribution in [0.2, 0.25) is 0 Å². The average Bonchev–Trinajstić information content (AvgIpc) is 3.03. The highest BCUT2D eigenvalue weighted by Crippen LogP contribution is 2.51. The number of hydrogen-bond acceptors (Lipinski definition) is 2. The van der Waals surface area contributed by atoms with Gasteiger partial charge in [-0.25, -0.2) is 0 Å². The van der Waals surface area contributed by atoms with E-state index in [0.717, 1.165) is 41.1 Å². The summed E-state index contributed by atoms with van der Waals surface area (Å²) < 4.78 is 5.54. The third-order valence-electron chi connectivity index (χ3n) is 5.68. The van der Waals surface area contributed by atoms with Crippen LogP contribution in [0.25, 0.3) is 0 Å². The van der Waals surface area contributed by atoms with Crippen LogP contribution in [0.1, 0.15) is 54.9 Å². The van der Waals surface area contributed by atoms with Gasteiger partial charge < -0.3 is 9.84 Å². The normalized spacial score (nSPS) is 29.7. The van der Waals surface area contributed by atoms with E-state index in [0.29, 0.717) is 0 Å². The number of aliphatic hydroxyl groups is 1. The molecule has 20 heavy (non-hydrogen) atoms. The van der Waals surface area contributed by atoms with Crippen molar-refractivity contribution >= 4 is 0 Å². The zero-order chi connectivity index (χ0) is 14.3. The second kappa shape index (κ2) is 5.40. The van der Waals surface area contributed by atoms with Gasteiger partial charge in [0, 0.05) is 5.56 Å². The van der Waals surface area contributed by atoms with E-state index in [1.54, 1.807) is 7.11 Å². The summed E-state index contributed by atoms with van der Waals surface area (Å²) in [6.45, 7) is 4.16. The molecule has 2 aliphatic carbocycles. The first kappa shape index (κ1) is 13.9. The first-order valence-electron chi connectivity index (χ1n) is 7.92. The molecule has 3 rings (SSSR count). The van der Waals surface area contributed by atoms with Crippen LogP contribution >= 0.6 is 0 Å². The van der Waals surface area contributed by atoms with Crippen LogP contribution in [0.4, 0.5) is 0 Å². The Morgan fingerprint density at radius 2 is 2.05 bits per heavy atom. The molecule has 4 unspecified atom stereocenters. The van der Waals surface area contributed by atoms with Crippen molar-refractivity contribution in [1.82, 2.24) is 0 Å². The fourth-order valence-corrected chi connectivity index (χ4v) is 4.42. The molecule has 2 heteroatoms. The van der Waals surface area contributed by atoms with Gasteiger partial charge in [0.1, 0.15) is 5.75 Å². The second-order valence-electron chi connectivity index (χ2n) is 6.82. The Morgan fingerprint density at radius 3 is 2.65 bits per heavy atom. The Bertz CT molecular complexity index is 494. The fraction of sp³-hybridized carbons (Fsp3) is 0.667. The highest BCUT2D eigenvalue weighted by Gasteiger charge is 2.40. The van der Waals surface area contributed by atoms with Gasteiger partial charge >= 0.3 is 0 Å². The van der Waals surface area contributed by atoms with E-state index < -0.39 is 0 Å². The molecule has 2 bridgehead atoms. The summed E-state index contributed by atoms with van der Waals surface area (Å²) in [5, 5.41) is 10.7. The van der Waals surface area contributed by atoms with E-state index in [1.807, 2.05) is 6.07 Å². The lowest BCUT2D eigenvalue weighted by molar-refractivity contribution is 0.122. The molecule has 0 aromatic heterocycles. The molecule has 0 amide bonds. The van der Waals surface area contributed by atoms with E-state index in [2.05, 4.69) is 19.9 Å². The van der Waals surface area contributed by atoms with Crippen LogP contribution in [-0.4, -0.2) is 12.2 Å². The third kappa shape index (κ3) is 2.35. The predicted octanol–water partition coefficient (Wildman–Crippen LogP) is 4.17. The SMILES string of the molecule is COc1c(C(O)CC2CC3CCC2C3)ccc(C)c1C. The molecule has 0 aliphatic heterocycles. The maximum atomic E-state index is 10.7. The van der Waals surface area contributed by atoms with Crippen molar-refractivity contribution in [2.75, 3.05) is 7.11 Å². The molecule has 0 radical (unpaired) electrons. The minimum atomic E-state index is -0.381. The summed E-state index contributed by atoms with van der Waals surface area (Å²) in [7, 11) is 1.70. The van der Waals surface area contributed by atoms with Gasteiger partial charge in [-0.05, 0) is 68.4 Å². The van der Waals surface area contributed by atoms with Gasteiger partial charge in [-0.3, -0.25) is 0 Å². The lowest BCUT2D eigenvalue weighted by atomic mass is 9.83. The maximum Gasteiger partial charge on any atom is 0.127 e. The molecule has 1 N–H and O–H groups in total. The largest absolute Gasteiger partial charge is 0.496 e. The number of ether oxygens (including phenoxy) is 1. The van der Waals surface area contributed by atoms with Crippen molar-refractivity contribution < 1.29 is 9.84 Å². The summed E-state index contributed by atoms with van der Waals surface area (Å²) in [4.78, 5) is 0. The minimum Gasteiger partial charge on any atom is -0.496 e. The topological polar surface area (TPSA) is 29.5 Å². The highest BCUT2D eigenvalue weighted by atomic mass is 16.5. The molecule has 4 atom stereocenters. The van der Waals surface area contributed by atoms with Crippen molar-refractivity contribution in [1.29, 1.82) is 0 Å². The van der Waals surface area contributed by atoms with Crippen LogP contribution in [-0.2, 0) is 0 Å². The molecular formula is C18H26O2. The molecule has 2 saturated carbocycles. The lowest BCUT2D eigenvalue weighted by Crippen LogP contribution is -2.15. The van der Waals surface area contributed by atoms with Gasteiger partial charge in [0.25, 0.3) is 0 Å². The molecule has 0 spiro atoms. The van der Waals surface area contributed by atoms with Crippen LogP contribution in [0.3, 0.4) is 0 Å². The Morgan fingerprint density at radius 1 is 1.25 bits per heavy atom. The Kier molecular flexibility index (Phi) is 3.76. The molecular weight excluding hydrogens is 248 g/mol. The smallest absolute Gasteiger partial charge is 0.127 e. The van der Waals surface area contributed by atoms with E-state index in [4.69, 9.17) is 4.74 Å². The standard InChI is InChI=1S/C18H26O2/c1-11-4-7-16(18(20-3)12(11)2)17(19)10-15-9-13-5-6-14(15)8-13/h4,7,13-15,17,19H,5-6,8-10H2,1-3H3. The fourth-order valence-electron chi connectivity index (χ4n) is 4.42. The Labute approximate surface area is 122 Å². The molecule has 1 aromatic rings. The third-order valence-corrected chi connectivity index (χ3v) is 5.68.